The summed E-state index contributed by atoms with van der Waals surface area (Å²) in [6.45, 7) is 4.57. The summed E-state index contributed by atoms with van der Waals surface area (Å²) in [4.78, 5) is 5.28. The molecule has 0 aliphatic carbocycles. The number of aromatic nitrogens is 1. The van der Waals surface area contributed by atoms with Crippen LogP contribution in [0.4, 0.5) is 5.69 Å². The topological polar surface area (TPSA) is 38.9 Å². The van der Waals surface area contributed by atoms with Gasteiger partial charge in [0.25, 0.3) is 0 Å². The minimum Gasteiger partial charge on any atom is -0.398 e. The molecule has 43 heavy (non-hydrogen) atoms. The molecule has 0 amide bonds. The van der Waals surface area contributed by atoms with E-state index in [1.165, 1.54) is 130 Å². The van der Waals surface area contributed by atoms with Crippen LogP contribution in [-0.2, 0) is 12.8 Å². The van der Waals surface area contributed by atoms with Crippen molar-refractivity contribution in [1.29, 1.82) is 0 Å². The first-order chi connectivity index (χ1) is 21.2. The third kappa shape index (κ3) is 5.94. The number of hydrogen-bond donors (Lipinski definition) is 1. The van der Waals surface area contributed by atoms with Crippen molar-refractivity contribution in [3.8, 4) is 11.3 Å². The summed E-state index contributed by atoms with van der Waals surface area (Å²) in [5.41, 5.74) is 12.9. The first-order valence-electron chi connectivity index (χ1n) is 17.1. The first-order valence-corrected chi connectivity index (χ1v) is 17.1. The molecule has 0 unspecified atom stereocenters. The second kappa shape index (κ2) is 13.8. The van der Waals surface area contributed by atoms with E-state index < -0.39 is 0 Å². The number of fused-ring (bicyclic) bond motifs is 2. The Labute approximate surface area is 258 Å². The van der Waals surface area contributed by atoms with Gasteiger partial charge in [-0.15, -0.1) is 0 Å². The number of anilines is 1. The van der Waals surface area contributed by atoms with Crippen LogP contribution in [0.2, 0.25) is 0 Å². The van der Waals surface area contributed by atoms with Crippen LogP contribution < -0.4 is 5.73 Å². The highest BCUT2D eigenvalue weighted by atomic mass is 14.7. The SMILES string of the molecule is CCCCCCCCc1cnc(-c2ccc3cccc4c5cccc6cccc(c2c34)c65)c(CCCCCCCC)c1N. The van der Waals surface area contributed by atoms with E-state index in [9.17, 15) is 0 Å². The number of nitrogen functional groups attached to an aromatic ring is 1. The first kappa shape index (κ1) is 29.4. The maximum atomic E-state index is 7.11. The Morgan fingerprint density at radius 3 is 1.77 bits per heavy atom. The van der Waals surface area contributed by atoms with Crippen molar-refractivity contribution in [2.45, 2.75) is 104 Å². The van der Waals surface area contributed by atoms with Crippen LogP contribution in [0, 0.1) is 0 Å². The van der Waals surface area contributed by atoms with Gasteiger partial charge >= 0.3 is 0 Å². The van der Waals surface area contributed by atoms with E-state index in [1.54, 1.807) is 0 Å². The van der Waals surface area contributed by atoms with Gasteiger partial charge in [-0.2, -0.15) is 0 Å². The van der Waals surface area contributed by atoms with Gasteiger partial charge in [-0.3, -0.25) is 4.98 Å². The van der Waals surface area contributed by atoms with Gasteiger partial charge in [0, 0.05) is 28.4 Å². The van der Waals surface area contributed by atoms with Gasteiger partial charge in [0.15, 0.2) is 0 Å². The van der Waals surface area contributed by atoms with Gasteiger partial charge in [0.1, 0.15) is 0 Å². The van der Waals surface area contributed by atoms with Gasteiger partial charge in [0.05, 0.1) is 5.69 Å². The quantitative estimate of drug-likeness (QED) is 0.0760. The van der Waals surface area contributed by atoms with Crippen molar-refractivity contribution < 1.29 is 0 Å². The number of hydrogen-bond acceptors (Lipinski definition) is 2. The highest BCUT2D eigenvalue weighted by Crippen LogP contribution is 2.45. The van der Waals surface area contributed by atoms with Crippen molar-refractivity contribution in [3.05, 3.63) is 84.1 Å². The van der Waals surface area contributed by atoms with Gasteiger partial charge < -0.3 is 5.73 Å². The average molecular weight is 569 g/mol. The predicted octanol–water partition coefficient (Wildman–Crippen LogP) is 12.2. The summed E-state index contributed by atoms with van der Waals surface area (Å²) in [5.74, 6) is 0. The molecule has 0 aliphatic heterocycles. The molecule has 0 aliphatic rings. The van der Waals surface area contributed by atoms with Crippen LogP contribution >= 0.6 is 0 Å². The zero-order valence-corrected chi connectivity index (χ0v) is 26.4. The summed E-state index contributed by atoms with van der Waals surface area (Å²) >= 11 is 0. The number of nitrogens with zero attached hydrogens (tertiary/aromatic N) is 1. The van der Waals surface area contributed by atoms with E-state index in [2.05, 4.69) is 86.8 Å². The maximum absolute atomic E-state index is 7.11. The Bertz CT molecular complexity index is 1810. The summed E-state index contributed by atoms with van der Waals surface area (Å²) < 4.78 is 0. The largest absolute Gasteiger partial charge is 0.398 e. The molecule has 0 bridgehead atoms. The maximum Gasteiger partial charge on any atom is 0.0761 e. The van der Waals surface area contributed by atoms with Crippen LogP contribution in [0.25, 0.3) is 54.3 Å². The highest BCUT2D eigenvalue weighted by molar-refractivity contribution is 6.35. The molecule has 6 aromatic rings. The molecular formula is C41H48N2. The Hall–Kier alpha value is -3.65. The fourth-order valence-electron chi connectivity index (χ4n) is 7.33. The molecule has 0 saturated heterocycles. The molecule has 0 fully saturated rings. The molecule has 0 spiro atoms. The molecule has 0 saturated carbocycles. The fraction of sp³-hybridized carbons (Fsp3) is 0.390. The Balaban J connectivity index is 1.46. The zero-order chi connectivity index (χ0) is 29.6. The van der Waals surface area contributed by atoms with E-state index in [0.717, 1.165) is 30.6 Å². The van der Waals surface area contributed by atoms with Crippen LogP contribution in [0.5, 0.6) is 0 Å². The fourth-order valence-corrected chi connectivity index (χ4v) is 7.33. The third-order valence-corrected chi connectivity index (χ3v) is 9.65. The molecule has 222 valence electrons. The molecular weight excluding hydrogens is 520 g/mol. The van der Waals surface area contributed by atoms with E-state index in [1.807, 2.05) is 0 Å². The van der Waals surface area contributed by atoms with E-state index in [0.29, 0.717) is 0 Å². The molecule has 0 radical (unpaired) electrons. The minimum atomic E-state index is 0.988. The number of aryl methyl sites for hydroxylation is 1. The van der Waals surface area contributed by atoms with Crippen LogP contribution in [-0.4, -0.2) is 4.98 Å². The summed E-state index contributed by atoms with van der Waals surface area (Å²) in [7, 11) is 0. The predicted molar refractivity (Wildman–Crippen MR) is 189 cm³/mol. The second-order valence-electron chi connectivity index (χ2n) is 12.7. The van der Waals surface area contributed by atoms with E-state index in [4.69, 9.17) is 10.7 Å². The van der Waals surface area contributed by atoms with Crippen molar-refractivity contribution in [2.75, 3.05) is 5.73 Å². The molecule has 5 aromatic carbocycles. The minimum absolute atomic E-state index is 0.988. The van der Waals surface area contributed by atoms with Gasteiger partial charge in [-0.05, 0) is 69.0 Å². The van der Waals surface area contributed by atoms with E-state index in [-0.39, 0.29) is 0 Å². The van der Waals surface area contributed by atoms with Gasteiger partial charge in [0.2, 0.25) is 0 Å². The summed E-state index contributed by atoms with van der Waals surface area (Å²) in [5, 5.41) is 10.6. The van der Waals surface area contributed by atoms with Crippen LogP contribution in [0.1, 0.15) is 102 Å². The number of benzene rings is 5. The molecule has 1 aromatic heterocycles. The lowest BCUT2D eigenvalue weighted by atomic mass is 9.85. The standard InChI is InChI=1S/C41H48N2/c1-3-5-7-9-11-13-18-31-28-43-41(36(40(31)42)22-14-12-10-8-6-4-2)35-27-26-30-21-16-24-33-32-23-15-19-29-20-17-25-34(37(29)32)39(35)38(30)33/h15-17,19-21,23-28H,3-14,18,22H2,1-2H3,(H2,42,43). The van der Waals surface area contributed by atoms with Gasteiger partial charge in [-0.25, -0.2) is 0 Å². The number of pyridine rings is 1. The smallest absolute Gasteiger partial charge is 0.0761 e. The van der Waals surface area contributed by atoms with Crippen molar-refractivity contribution in [1.82, 2.24) is 4.98 Å². The highest BCUT2D eigenvalue weighted by Gasteiger charge is 2.20. The zero-order valence-electron chi connectivity index (χ0n) is 26.4. The van der Waals surface area contributed by atoms with E-state index >= 15 is 0 Å². The third-order valence-electron chi connectivity index (χ3n) is 9.65. The molecule has 2 heteroatoms. The summed E-state index contributed by atoms with van der Waals surface area (Å²) in [6.07, 6.45) is 19.5. The molecule has 2 N–H and O–H groups in total. The van der Waals surface area contributed by atoms with Crippen LogP contribution in [0.15, 0.2) is 72.9 Å². The van der Waals surface area contributed by atoms with Crippen molar-refractivity contribution >= 4 is 48.8 Å². The second-order valence-corrected chi connectivity index (χ2v) is 12.7. The lowest BCUT2D eigenvalue weighted by Gasteiger charge is -2.20. The Morgan fingerprint density at radius 2 is 1.09 bits per heavy atom. The summed E-state index contributed by atoms with van der Waals surface area (Å²) in [6, 6.07) is 24.8. The molecule has 2 nitrogen and oxygen atoms in total. The lowest BCUT2D eigenvalue weighted by molar-refractivity contribution is 0.605. The number of nitrogens with two attached hydrogens (primary N) is 1. The average Bonchev–Trinajstić information content (AvgIpc) is 3.04. The number of rotatable bonds is 15. The molecule has 0 atom stereocenters. The van der Waals surface area contributed by atoms with Crippen molar-refractivity contribution in [3.63, 3.8) is 0 Å². The van der Waals surface area contributed by atoms with Crippen LogP contribution in [0.3, 0.4) is 0 Å². The van der Waals surface area contributed by atoms with Crippen molar-refractivity contribution in [2.24, 2.45) is 0 Å². The van der Waals surface area contributed by atoms with Gasteiger partial charge in [-0.1, -0.05) is 145 Å². The monoisotopic (exact) mass is 568 g/mol. The lowest BCUT2D eigenvalue weighted by Crippen LogP contribution is -2.06. The Kier molecular flexibility index (Phi) is 9.42. The number of unbranched alkanes of at least 4 members (excludes halogenated alkanes) is 10. The normalized spacial score (nSPS) is 12.0. The Morgan fingerprint density at radius 1 is 0.535 bits per heavy atom. The molecule has 1 heterocycles. The molecule has 6 rings (SSSR count).